The molecule has 0 saturated carbocycles. The van der Waals surface area contributed by atoms with Gasteiger partial charge in [-0.2, -0.15) is 0 Å². The summed E-state index contributed by atoms with van der Waals surface area (Å²) in [6.07, 6.45) is 1.68. The molecule has 27 heavy (non-hydrogen) atoms. The highest BCUT2D eigenvalue weighted by atomic mass is 16.3. The lowest BCUT2D eigenvalue weighted by Gasteiger charge is -2.28. The third kappa shape index (κ3) is 4.19. The van der Waals surface area contributed by atoms with Crippen molar-refractivity contribution >= 4 is 16.8 Å². The Morgan fingerprint density at radius 3 is 2.63 bits per heavy atom. The number of rotatable bonds is 7. The number of furan rings is 1. The summed E-state index contributed by atoms with van der Waals surface area (Å²) in [5, 5.41) is 3.99. The molecule has 5 heteroatoms. The number of carbonyl (C=O) groups excluding carboxylic acids is 1. The molecule has 1 N–H and O–H groups in total. The molecule has 2 heterocycles. The van der Waals surface area contributed by atoms with E-state index in [2.05, 4.69) is 29.0 Å². The fourth-order valence-corrected chi connectivity index (χ4v) is 3.50. The van der Waals surface area contributed by atoms with Crippen LogP contribution >= 0.6 is 0 Å². The van der Waals surface area contributed by atoms with E-state index in [1.165, 1.54) is 0 Å². The van der Waals surface area contributed by atoms with Gasteiger partial charge >= 0.3 is 0 Å². The topological polar surface area (TPSA) is 58.4 Å². The maximum Gasteiger partial charge on any atom is 0.252 e. The van der Waals surface area contributed by atoms with Crippen molar-refractivity contribution in [2.45, 2.75) is 33.7 Å². The summed E-state index contributed by atoms with van der Waals surface area (Å²) in [7, 11) is 0. The Kier molecular flexibility index (Phi) is 5.91. The monoisotopic (exact) mass is 365 g/mol. The minimum Gasteiger partial charge on any atom is -0.468 e. The summed E-state index contributed by atoms with van der Waals surface area (Å²) in [6.45, 7) is 10.4. The number of amides is 1. The molecule has 2 aromatic heterocycles. The Hall–Kier alpha value is -2.66. The molecule has 142 valence electrons. The van der Waals surface area contributed by atoms with E-state index in [9.17, 15) is 4.79 Å². The molecule has 1 aromatic carbocycles. The van der Waals surface area contributed by atoms with Crippen LogP contribution in [0.15, 0.2) is 47.1 Å². The maximum atomic E-state index is 13.0. The standard InChI is InChI=1S/C22H27N3O2/c1-5-25(6-2)20(21-8-7-11-27-21)14-23-22(26)18-13-16(4)24-19-10-9-15(3)12-17(18)19/h7-13,20H,5-6,14H2,1-4H3,(H,23,26). The number of carbonyl (C=O) groups is 1. The zero-order chi connectivity index (χ0) is 19.4. The molecule has 1 atom stereocenters. The van der Waals surface area contributed by atoms with E-state index in [0.717, 1.165) is 41.0 Å². The lowest BCUT2D eigenvalue weighted by molar-refractivity contribution is 0.0931. The van der Waals surface area contributed by atoms with Crippen LogP contribution in [0.3, 0.4) is 0 Å². The molecule has 0 aliphatic rings. The Morgan fingerprint density at radius 2 is 1.96 bits per heavy atom. The number of pyridine rings is 1. The van der Waals surface area contributed by atoms with Crippen LogP contribution in [0.2, 0.25) is 0 Å². The van der Waals surface area contributed by atoms with Crippen molar-refractivity contribution in [3.05, 3.63) is 65.2 Å². The van der Waals surface area contributed by atoms with Crippen molar-refractivity contribution in [2.24, 2.45) is 0 Å². The van der Waals surface area contributed by atoms with Crippen molar-refractivity contribution in [2.75, 3.05) is 19.6 Å². The second-order valence-corrected chi connectivity index (χ2v) is 6.79. The van der Waals surface area contributed by atoms with Gasteiger partial charge in [0.1, 0.15) is 5.76 Å². The molecule has 3 rings (SSSR count). The van der Waals surface area contributed by atoms with E-state index >= 15 is 0 Å². The second-order valence-electron chi connectivity index (χ2n) is 6.79. The molecule has 0 aliphatic heterocycles. The van der Waals surface area contributed by atoms with Gasteiger partial charge in [0.15, 0.2) is 0 Å². The molecule has 0 spiro atoms. The molecule has 1 amide bonds. The van der Waals surface area contributed by atoms with Gasteiger partial charge < -0.3 is 9.73 Å². The molecular formula is C22H27N3O2. The summed E-state index contributed by atoms with van der Waals surface area (Å²) >= 11 is 0. The van der Waals surface area contributed by atoms with Crippen molar-refractivity contribution in [1.82, 2.24) is 15.2 Å². The number of nitrogens with zero attached hydrogens (tertiary/aromatic N) is 2. The molecule has 0 aliphatic carbocycles. The average molecular weight is 365 g/mol. The Bertz CT molecular complexity index is 915. The predicted molar refractivity (Wildman–Crippen MR) is 108 cm³/mol. The first-order valence-corrected chi connectivity index (χ1v) is 9.47. The summed E-state index contributed by atoms with van der Waals surface area (Å²) < 4.78 is 5.62. The van der Waals surface area contributed by atoms with Crippen LogP contribution in [0, 0.1) is 13.8 Å². The van der Waals surface area contributed by atoms with Crippen LogP contribution in [-0.4, -0.2) is 35.4 Å². The summed E-state index contributed by atoms with van der Waals surface area (Å²) in [5.74, 6) is 0.783. The van der Waals surface area contributed by atoms with Crippen LogP contribution in [0.5, 0.6) is 0 Å². The first-order valence-electron chi connectivity index (χ1n) is 9.47. The number of likely N-dealkylation sites (N-methyl/N-ethyl adjacent to an activating group) is 1. The van der Waals surface area contributed by atoms with E-state index in [4.69, 9.17) is 4.42 Å². The largest absolute Gasteiger partial charge is 0.468 e. The highest BCUT2D eigenvalue weighted by Gasteiger charge is 2.22. The van der Waals surface area contributed by atoms with Gasteiger partial charge in [0.2, 0.25) is 0 Å². The van der Waals surface area contributed by atoms with Crippen molar-refractivity contribution < 1.29 is 9.21 Å². The van der Waals surface area contributed by atoms with E-state index in [1.807, 2.05) is 50.2 Å². The fourth-order valence-electron chi connectivity index (χ4n) is 3.50. The van der Waals surface area contributed by atoms with Crippen LogP contribution in [-0.2, 0) is 0 Å². The SMILES string of the molecule is CCN(CC)C(CNC(=O)c1cc(C)nc2ccc(C)cc12)c1ccco1. The van der Waals surface area contributed by atoms with Gasteiger partial charge in [-0.15, -0.1) is 0 Å². The molecule has 0 radical (unpaired) electrons. The zero-order valence-corrected chi connectivity index (χ0v) is 16.5. The first-order chi connectivity index (χ1) is 13.0. The second kappa shape index (κ2) is 8.35. The third-order valence-corrected chi connectivity index (χ3v) is 4.92. The van der Waals surface area contributed by atoms with Gasteiger partial charge in [0.05, 0.1) is 23.4 Å². The highest BCUT2D eigenvalue weighted by molar-refractivity contribution is 6.06. The van der Waals surface area contributed by atoms with Gasteiger partial charge in [-0.25, -0.2) is 0 Å². The van der Waals surface area contributed by atoms with Crippen molar-refractivity contribution in [3.8, 4) is 0 Å². The summed E-state index contributed by atoms with van der Waals surface area (Å²) in [5.41, 5.74) is 3.46. The normalized spacial score (nSPS) is 12.5. The van der Waals surface area contributed by atoms with Gasteiger partial charge in [-0.3, -0.25) is 14.7 Å². The quantitative estimate of drug-likeness (QED) is 0.680. The number of aryl methyl sites for hydroxylation is 2. The van der Waals surface area contributed by atoms with Crippen LogP contribution in [0.4, 0.5) is 0 Å². The van der Waals surface area contributed by atoms with E-state index < -0.39 is 0 Å². The van der Waals surface area contributed by atoms with Gasteiger partial charge in [0.25, 0.3) is 5.91 Å². The number of hydrogen-bond donors (Lipinski definition) is 1. The van der Waals surface area contributed by atoms with Crippen LogP contribution in [0.25, 0.3) is 10.9 Å². The van der Waals surface area contributed by atoms with Crippen LogP contribution < -0.4 is 5.32 Å². The lowest BCUT2D eigenvalue weighted by Crippen LogP contribution is -2.38. The number of fused-ring (bicyclic) bond motifs is 1. The molecule has 0 saturated heterocycles. The van der Waals surface area contributed by atoms with E-state index in [0.29, 0.717) is 12.1 Å². The van der Waals surface area contributed by atoms with Crippen molar-refractivity contribution in [3.63, 3.8) is 0 Å². The zero-order valence-electron chi connectivity index (χ0n) is 16.5. The predicted octanol–water partition coefficient (Wildman–Crippen LogP) is 4.26. The highest BCUT2D eigenvalue weighted by Crippen LogP contribution is 2.22. The number of benzene rings is 1. The summed E-state index contributed by atoms with van der Waals surface area (Å²) in [4.78, 5) is 19.8. The third-order valence-electron chi connectivity index (χ3n) is 4.92. The van der Waals surface area contributed by atoms with Crippen LogP contribution in [0.1, 0.15) is 47.3 Å². The number of aromatic nitrogens is 1. The minimum atomic E-state index is -0.0835. The Labute approximate surface area is 160 Å². The maximum absolute atomic E-state index is 13.0. The smallest absolute Gasteiger partial charge is 0.252 e. The molecule has 0 bridgehead atoms. The lowest BCUT2D eigenvalue weighted by atomic mass is 10.0. The average Bonchev–Trinajstić information content (AvgIpc) is 3.19. The van der Waals surface area contributed by atoms with E-state index in [1.54, 1.807) is 6.26 Å². The molecular weight excluding hydrogens is 338 g/mol. The number of hydrogen-bond acceptors (Lipinski definition) is 4. The Morgan fingerprint density at radius 1 is 1.19 bits per heavy atom. The molecule has 0 fully saturated rings. The molecule has 3 aromatic rings. The number of nitrogens with one attached hydrogen (secondary N) is 1. The first kappa shape index (κ1) is 19.1. The van der Waals surface area contributed by atoms with Gasteiger partial charge in [-0.05, 0) is 57.3 Å². The van der Waals surface area contributed by atoms with Crippen molar-refractivity contribution in [1.29, 1.82) is 0 Å². The fraction of sp³-hybridized carbons (Fsp3) is 0.364. The molecule has 5 nitrogen and oxygen atoms in total. The van der Waals surface area contributed by atoms with Gasteiger partial charge in [0, 0.05) is 17.6 Å². The summed E-state index contributed by atoms with van der Waals surface area (Å²) in [6, 6.07) is 11.7. The van der Waals surface area contributed by atoms with Gasteiger partial charge in [-0.1, -0.05) is 25.5 Å². The van der Waals surface area contributed by atoms with E-state index in [-0.39, 0.29) is 11.9 Å². The molecule has 1 unspecified atom stereocenters. The Balaban J connectivity index is 1.86. The minimum absolute atomic E-state index is 0.00915.